The van der Waals surface area contributed by atoms with E-state index in [9.17, 15) is 4.39 Å². The van der Waals surface area contributed by atoms with Crippen molar-refractivity contribution in [2.75, 3.05) is 18.0 Å². The van der Waals surface area contributed by atoms with Crippen molar-refractivity contribution in [2.24, 2.45) is 0 Å². The third-order valence-electron chi connectivity index (χ3n) is 1.79. The summed E-state index contributed by atoms with van der Waals surface area (Å²) < 4.78 is 12.7. The predicted octanol–water partition coefficient (Wildman–Crippen LogP) is 2.07. The summed E-state index contributed by atoms with van der Waals surface area (Å²) in [6.45, 7) is 5.76. The van der Waals surface area contributed by atoms with Crippen molar-refractivity contribution in [1.29, 1.82) is 0 Å². The minimum Gasteiger partial charge on any atom is -0.357 e. The molecule has 0 unspecified atom stereocenters. The van der Waals surface area contributed by atoms with Gasteiger partial charge in [0.1, 0.15) is 5.82 Å². The minimum atomic E-state index is -0.417. The molecule has 1 aromatic heterocycles. The summed E-state index contributed by atoms with van der Waals surface area (Å²) in [5.41, 5.74) is 0. The standard InChI is InChI=1S/C9H13FN2/c1-3-12(4-2)9-7-5-6-8(10)11-9/h5-7H,3-4H2,1-2H3. The van der Waals surface area contributed by atoms with Crippen LogP contribution >= 0.6 is 0 Å². The monoisotopic (exact) mass is 168 g/mol. The first-order valence-electron chi connectivity index (χ1n) is 4.15. The lowest BCUT2D eigenvalue weighted by Gasteiger charge is -2.18. The molecule has 2 nitrogen and oxygen atoms in total. The fourth-order valence-electron chi connectivity index (χ4n) is 1.12. The quantitative estimate of drug-likeness (QED) is 0.642. The van der Waals surface area contributed by atoms with Crippen LogP contribution in [0.1, 0.15) is 13.8 Å². The van der Waals surface area contributed by atoms with Crippen molar-refractivity contribution in [3.05, 3.63) is 24.1 Å². The van der Waals surface area contributed by atoms with Crippen molar-refractivity contribution >= 4 is 5.82 Å². The van der Waals surface area contributed by atoms with Gasteiger partial charge in [-0.05, 0) is 26.0 Å². The summed E-state index contributed by atoms with van der Waals surface area (Å²) in [4.78, 5) is 5.78. The molecule has 0 aliphatic carbocycles. The second kappa shape index (κ2) is 4.04. The third kappa shape index (κ3) is 1.94. The number of hydrogen-bond acceptors (Lipinski definition) is 2. The Kier molecular flexibility index (Phi) is 3.02. The van der Waals surface area contributed by atoms with Crippen LogP contribution in [0.2, 0.25) is 0 Å². The van der Waals surface area contributed by atoms with Gasteiger partial charge in [0.2, 0.25) is 5.95 Å². The lowest BCUT2D eigenvalue weighted by atomic mass is 10.4. The summed E-state index contributed by atoms with van der Waals surface area (Å²) in [5, 5.41) is 0. The van der Waals surface area contributed by atoms with Gasteiger partial charge in [0, 0.05) is 13.1 Å². The van der Waals surface area contributed by atoms with E-state index in [1.165, 1.54) is 6.07 Å². The highest BCUT2D eigenvalue weighted by molar-refractivity contribution is 5.37. The van der Waals surface area contributed by atoms with Crippen molar-refractivity contribution in [1.82, 2.24) is 4.98 Å². The van der Waals surface area contributed by atoms with Gasteiger partial charge in [0.25, 0.3) is 0 Å². The Bertz CT molecular complexity index is 246. The van der Waals surface area contributed by atoms with E-state index in [1.54, 1.807) is 6.07 Å². The molecule has 0 aromatic carbocycles. The molecule has 0 aliphatic rings. The van der Waals surface area contributed by atoms with Gasteiger partial charge >= 0.3 is 0 Å². The molecular formula is C9H13FN2. The van der Waals surface area contributed by atoms with E-state index in [2.05, 4.69) is 4.98 Å². The summed E-state index contributed by atoms with van der Waals surface area (Å²) in [7, 11) is 0. The molecule has 0 saturated heterocycles. The van der Waals surface area contributed by atoms with Crippen LogP contribution in [0.5, 0.6) is 0 Å². The Balaban J connectivity index is 2.85. The van der Waals surface area contributed by atoms with Crippen LogP contribution < -0.4 is 4.90 Å². The van der Waals surface area contributed by atoms with Gasteiger partial charge in [-0.1, -0.05) is 6.07 Å². The molecule has 3 heteroatoms. The second-order valence-corrected chi connectivity index (χ2v) is 2.49. The number of hydrogen-bond donors (Lipinski definition) is 0. The highest BCUT2D eigenvalue weighted by Crippen LogP contribution is 2.09. The summed E-state index contributed by atoms with van der Waals surface area (Å²) >= 11 is 0. The molecule has 0 saturated carbocycles. The van der Waals surface area contributed by atoms with Gasteiger partial charge < -0.3 is 4.90 Å². The Morgan fingerprint density at radius 2 is 2.00 bits per heavy atom. The molecular weight excluding hydrogens is 155 g/mol. The number of halogens is 1. The molecule has 0 spiro atoms. The third-order valence-corrected chi connectivity index (χ3v) is 1.79. The molecule has 0 N–H and O–H groups in total. The second-order valence-electron chi connectivity index (χ2n) is 2.49. The van der Waals surface area contributed by atoms with E-state index < -0.39 is 5.95 Å². The number of anilines is 1. The van der Waals surface area contributed by atoms with Crippen LogP contribution in [0.3, 0.4) is 0 Å². The Morgan fingerprint density at radius 1 is 1.33 bits per heavy atom. The van der Waals surface area contributed by atoms with Gasteiger partial charge in [-0.15, -0.1) is 0 Å². The van der Waals surface area contributed by atoms with Crippen molar-refractivity contribution in [2.45, 2.75) is 13.8 Å². The molecule has 66 valence electrons. The first-order chi connectivity index (χ1) is 5.77. The Hall–Kier alpha value is -1.12. The van der Waals surface area contributed by atoms with Crippen LogP contribution in [-0.2, 0) is 0 Å². The topological polar surface area (TPSA) is 16.1 Å². The molecule has 0 atom stereocenters. The maximum Gasteiger partial charge on any atom is 0.214 e. The first-order valence-corrected chi connectivity index (χ1v) is 4.15. The van der Waals surface area contributed by atoms with Crippen LogP contribution in [0.4, 0.5) is 10.2 Å². The van der Waals surface area contributed by atoms with Crippen LogP contribution in [0.25, 0.3) is 0 Å². The molecule has 1 heterocycles. The molecule has 1 rings (SSSR count). The maximum atomic E-state index is 12.7. The Morgan fingerprint density at radius 3 is 2.50 bits per heavy atom. The lowest BCUT2D eigenvalue weighted by Crippen LogP contribution is -2.23. The highest BCUT2D eigenvalue weighted by Gasteiger charge is 2.02. The highest BCUT2D eigenvalue weighted by atomic mass is 19.1. The van der Waals surface area contributed by atoms with Crippen molar-refractivity contribution in [3.63, 3.8) is 0 Å². The predicted molar refractivity (Wildman–Crippen MR) is 47.8 cm³/mol. The van der Waals surface area contributed by atoms with Gasteiger partial charge in [-0.3, -0.25) is 0 Å². The fourth-order valence-corrected chi connectivity index (χ4v) is 1.12. The largest absolute Gasteiger partial charge is 0.357 e. The van der Waals surface area contributed by atoms with E-state index >= 15 is 0 Å². The van der Waals surface area contributed by atoms with E-state index in [-0.39, 0.29) is 0 Å². The molecule has 0 bridgehead atoms. The Labute approximate surface area is 72.0 Å². The van der Waals surface area contributed by atoms with E-state index in [0.29, 0.717) is 5.82 Å². The lowest BCUT2D eigenvalue weighted by molar-refractivity contribution is 0.581. The van der Waals surface area contributed by atoms with Crippen LogP contribution in [0.15, 0.2) is 18.2 Å². The van der Waals surface area contributed by atoms with E-state index in [1.807, 2.05) is 24.8 Å². The number of pyridine rings is 1. The van der Waals surface area contributed by atoms with Gasteiger partial charge in [-0.2, -0.15) is 4.39 Å². The molecule has 0 radical (unpaired) electrons. The van der Waals surface area contributed by atoms with Crippen LogP contribution in [-0.4, -0.2) is 18.1 Å². The number of nitrogens with zero attached hydrogens (tertiary/aromatic N) is 2. The molecule has 1 aromatic rings. The van der Waals surface area contributed by atoms with Crippen molar-refractivity contribution < 1.29 is 4.39 Å². The first kappa shape index (κ1) is 8.97. The molecule has 0 fully saturated rings. The fraction of sp³-hybridized carbons (Fsp3) is 0.444. The zero-order chi connectivity index (χ0) is 8.97. The normalized spacial score (nSPS) is 9.92. The molecule has 0 amide bonds. The van der Waals surface area contributed by atoms with Crippen LogP contribution in [0, 0.1) is 5.95 Å². The minimum absolute atomic E-state index is 0.417. The van der Waals surface area contributed by atoms with E-state index in [0.717, 1.165) is 13.1 Å². The summed E-state index contributed by atoms with van der Waals surface area (Å²) in [5.74, 6) is 0.291. The molecule has 12 heavy (non-hydrogen) atoms. The average Bonchev–Trinajstić information content (AvgIpc) is 2.07. The zero-order valence-corrected chi connectivity index (χ0v) is 7.42. The zero-order valence-electron chi connectivity index (χ0n) is 7.42. The number of aromatic nitrogens is 1. The van der Waals surface area contributed by atoms with Gasteiger partial charge in [0.05, 0.1) is 0 Å². The summed E-state index contributed by atoms with van der Waals surface area (Å²) in [6.07, 6.45) is 0. The van der Waals surface area contributed by atoms with Gasteiger partial charge in [-0.25, -0.2) is 4.98 Å². The molecule has 0 aliphatic heterocycles. The number of rotatable bonds is 3. The van der Waals surface area contributed by atoms with Crippen molar-refractivity contribution in [3.8, 4) is 0 Å². The maximum absolute atomic E-state index is 12.7. The smallest absolute Gasteiger partial charge is 0.214 e. The van der Waals surface area contributed by atoms with E-state index in [4.69, 9.17) is 0 Å². The van der Waals surface area contributed by atoms with Gasteiger partial charge in [0.15, 0.2) is 0 Å². The SMILES string of the molecule is CCN(CC)c1cccc(F)n1. The average molecular weight is 168 g/mol. The summed E-state index contributed by atoms with van der Waals surface area (Å²) in [6, 6.07) is 4.85.